The number of fused-ring (bicyclic) bond motifs is 2. The Morgan fingerprint density at radius 2 is 2.38 bits per heavy atom. The number of hydrogen-bond acceptors (Lipinski definition) is 2. The summed E-state index contributed by atoms with van der Waals surface area (Å²) in [5, 5.41) is 0. The normalized spacial score (nSPS) is 28.8. The van der Waals surface area contributed by atoms with Gasteiger partial charge >= 0.3 is 0 Å². The lowest BCUT2D eigenvalue weighted by molar-refractivity contribution is 0.0311. The number of morpholine rings is 1. The molecule has 2 aliphatic rings. The molecule has 2 unspecified atom stereocenters. The summed E-state index contributed by atoms with van der Waals surface area (Å²) in [6.07, 6.45) is 2.91. The van der Waals surface area contributed by atoms with E-state index in [2.05, 4.69) is 45.1 Å². The zero-order valence-corrected chi connectivity index (χ0v) is 10.8. The van der Waals surface area contributed by atoms with Crippen molar-refractivity contribution in [3.8, 4) is 0 Å². The molecule has 2 aliphatic heterocycles. The molecule has 3 rings (SSSR count). The van der Waals surface area contributed by atoms with Gasteiger partial charge in [0.1, 0.15) is 0 Å². The summed E-state index contributed by atoms with van der Waals surface area (Å²) in [5.41, 5.74) is 1.41. The summed E-state index contributed by atoms with van der Waals surface area (Å²) in [5.74, 6) is 0. The molecule has 1 aromatic rings. The predicted octanol–water partition coefficient (Wildman–Crippen LogP) is 2.46. The lowest BCUT2D eigenvalue weighted by atomic mass is 10.1. The molecule has 2 nitrogen and oxygen atoms in total. The van der Waals surface area contributed by atoms with Crippen LogP contribution < -0.4 is 0 Å². The van der Waals surface area contributed by atoms with Crippen LogP contribution in [0.15, 0.2) is 28.7 Å². The largest absolute Gasteiger partial charge is 0.375 e. The first-order chi connectivity index (χ1) is 7.81. The van der Waals surface area contributed by atoms with E-state index in [0.717, 1.165) is 19.6 Å². The third kappa shape index (κ3) is 2.17. The van der Waals surface area contributed by atoms with Crippen molar-refractivity contribution >= 4 is 15.9 Å². The minimum absolute atomic E-state index is 0.521. The van der Waals surface area contributed by atoms with Gasteiger partial charge in [-0.25, -0.2) is 0 Å². The zero-order valence-electron chi connectivity index (χ0n) is 9.23. The Balaban J connectivity index is 1.57. The highest BCUT2D eigenvalue weighted by Gasteiger charge is 2.38. The number of hydrogen-bond donors (Lipinski definition) is 0. The summed E-state index contributed by atoms with van der Waals surface area (Å²) in [7, 11) is 0. The zero-order chi connectivity index (χ0) is 11.0. The van der Waals surface area contributed by atoms with Crippen LogP contribution in [-0.4, -0.2) is 36.7 Å². The Labute approximate surface area is 105 Å². The fraction of sp³-hybridized carbons (Fsp3) is 0.538. The number of rotatable bonds is 3. The molecule has 3 heteroatoms. The molecular formula is C13H16BrNO. The molecule has 2 heterocycles. The average molecular weight is 282 g/mol. The molecule has 0 amide bonds. The SMILES string of the molecule is Brc1cccc(CCN2CC3CC2CO3)c1. The maximum Gasteiger partial charge on any atom is 0.0718 e. The van der Waals surface area contributed by atoms with Gasteiger partial charge in [0.05, 0.1) is 12.7 Å². The van der Waals surface area contributed by atoms with Gasteiger partial charge in [0.15, 0.2) is 0 Å². The van der Waals surface area contributed by atoms with Crippen molar-refractivity contribution in [2.24, 2.45) is 0 Å². The van der Waals surface area contributed by atoms with E-state index in [0.29, 0.717) is 12.1 Å². The number of ether oxygens (including phenoxy) is 1. The average Bonchev–Trinajstić information content (AvgIpc) is 2.88. The van der Waals surface area contributed by atoms with Crippen molar-refractivity contribution in [1.82, 2.24) is 4.90 Å². The van der Waals surface area contributed by atoms with Gasteiger partial charge in [-0.3, -0.25) is 4.90 Å². The first-order valence-corrected chi connectivity index (χ1v) is 6.70. The minimum atomic E-state index is 0.521. The van der Waals surface area contributed by atoms with E-state index in [-0.39, 0.29) is 0 Å². The summed E-state index contributed by atoms with van der Waals surface area (Å²) >= 11 is 3.51. The molecule has 86 valence electrons. The Morgan fingerprint density at radius 1 is 1.44 bits per heavy atom. The second-order valence-corrected chi connectivity index (χ2v) is 5.64. The fourth-order valence-corrected chi connectivity index (χ4v) is 3.16. The van der Waals surface area contributed by atoms with E-state index >= 15 is 0 Å². The lowest BCUT2D eigenvalue weighted by Crippen LogP contribution is -2.38. The molecule has 0 aromatic heterocycles. The highest BCUT2D eigenvalue weighted by atomic mass is 79.9. The van der Waals surface area contributed by atoms with Gasteiger partial charge in [0, 0.05) is 23.6 Å². The van der Waals surface area contributed by atoms with E-state index in [1.807, 2.05) is 0 Å². The molecular weight excluding hydrogens is 266 g/mol. The summed E-state index contributed by atoms with van der Waals surface area (Å²) in [6.45, 7) is 3.25. The lowest BCUT2D eigenvalue weighted by Gasteiger charge is -2.26. The third-order valence-corrected chi connectivity index (χ3v) is 4.08. The molecule has 2 fully saturated rings. The van der Waals surface area contributed by atoms with Crippen molar-refractivity contribution < 1.29 is 4.74 Å². The quantitative estimate of drug-likeness (QED) is 0.844. The smallest absolute Gasteiger partial charge is 0.0718 e. The van der Waals surface area contributed by atoms with Crippen LogP contribution in [0.1, 0.15) is 12.0 Å². The molecule has 2 atom stereocenters. The van der Waals surface area contributed by atoms with E-state index in [1.54, 1.807) is 0 Å². The predicted molar refractivity (Wildman–Crippen MR) is 67.6 cm³/mol. The Kier molecular flexibility index (Phi) is 3.01. The first kappa shape index (κ1) is 10.8. The van der Waals surface area contributed by atoms with Crippen molar-refractivity contribution in [3.05, 3.63) is 34.3 Å². The van der Waals surface area contributed by atoms with Crippen LogP contribution in [0.3, 0.4) is 0 Å². The van der Waals surface area contributed by atoms with Crippen molar-refractivity contribution in [2.45, 2.75) is 25.0 Å². The number of halogens is 1. The molecule has 0 N–H and O–H groups in total. The fourth-order valence-electron chi connectivity index (χ4n) is 2.72. The number of nitrogens with zero attached hydrogens (tertiary/aromatic N) is 1. The highest BCUT2D eigenvalue weighted by Crippen LogP contribution is 2.27. The summed E-state index contributed by atoms with van der Waals surface area (Å²) < 4.78 is 6.78. The van der Waals surface area contributed by atoms with Gasteiger partial charge in [0.25, 0.3) is 0 Å². The summed E-state index contributed by atoms with van der Waals surface area (Å²) in [6, 6.07) is 9.30. The molecule has 0 aliphatic carbocycles. The molecule has 0 saturated carbocycles. The van der Waals surface area contributed by atoms with Crippen molar-refractivity contribution in [2.75, 3.05) is 19.7 Å². The third-order valence-electron chi connectivity index (χ3n) is 3.59. The second-order valence-electron chi connectivity index (χ2n) is 4.72. The molecule has 0 spiro atoms. The van der Waals surface area contributed by atoms with Crippen molar-refractivity contribution in [1.29, 1.82) is 0 Å². The maximum absolute atomic E-state index is 5.60. The van der Waals surface area contributed by atoms with Crippen LogP contribution in [0.5, 0.6) is 0 Å². The monoisotopic (exact) mass is 281 g/mol. The van der Waals surface area contributed by atoms with Crippen LogP contribution in [0.25, 0.3) is 0 Å². The van der Waals surface area contributed by atoms with Crippen LogP contribution >= 0.6 is 15.9 Å². The van der Waals surface area contributed by atoms with Crippen LogP contribution in [0, 0.1) is 0 Å². The van der Waals surface area contributed by atoms with Gasteiger partial charge in [-0.2, -0.15) is 0 Å². The van der Waals surface area contributed by atoms with E-state index in [9.17, 15) is 0 Å². The van der Waals surface area contributed by atoms with Gasteiger partial charge < -0.3 is 4.74 Å². The Bertz CT molecular complexity index is 382. The van der Waals surface area contributed by atoms with Gasteiger partial charge in [-0.1, -0.05) is 28.1 Å². The molecule has 2 saturated heterocycles. The Morgan fingerprint density at radius 3 is 3.06 bits per heavy atom. The number of benzene rings is 1. The summed E-state index contributed by atoms with van der Waals surface area (Å²) in [4.78, 5) is 2.58. The molecule has 0 radical (unpaired) electrons. The topological polar surface area (TPSA) is 12.5 Å². The molecule has 2 bridgehead atoms. The van der Waals surface area contributed by atoms with Crippen LogP contribution in [0.4, 0.5) is 0 Å². The standard InChI is InChI=1S/C13H16BrNO/c14-11-3-1-2-10(6-11)4-5-15-8-13-7-12(15)9-16-13/h1-3,6,12-13H,4-5,7-9H2. The van der Waals surface area contributed by atoms with Gasteiger partial charge in [-0.05, 0) is 30.5 Å². The minimum Gasteiger partial charge on any atom is -0.375 e. The second kappa shape index (κ2) is 4.47. The Hall–Kier alpha value is -0.380. The van der Waals surface area contributed by atoms with Crippen LogP contribution in [0.2, 0.25) is 0 Å². The van der Waals surface area contributed by atoms with E-state index < -0.39 is 0 Å². The maximum atomic E-state index is 5.60. The highest BCUT2D eigenvalue weighted by molar-refractivity contribution is 9.10. The molecule has 1 aromatic carbocycles. The number of likely N-dealkylation sites (tertiary alicyclic amines) is 1. The molecule has 16 heavy (non-hydrogen) atoms. The first-order valence-electron chi connectivity index (χ1n) is 5.91. The van der Waals surface area contributed by atoms with Gasteiger partial charge in [0.2, 0.25) is 0 Å². The van der Waals surface area contributed by atoms with Crippen molar-refractivity contribution in [3.63, 3.8) is 0 Å². The van der Waals surface area contributed by atoms with E-state index in [4.69, 9.17) is 4.74 Å². The van der Waals surface area contributed by atoms with E-state index in [1.165, 1.54) is 23.0 Å². The van der Waals surface area contributed by atoms with Crippen LogP contribution in [-0.2, 0) is 11.2 Å². The van der Waals surface area contributed by atoms with Gasteiger partial charge in [-0.15, -0.1) is 0 Å².